The molecule has 1 aliphatic rings. The van der Waals surface area contributed by atoms with Crippen LogP contribution in [0.25, 0.3) is 0 Å². The van der Waals surface area contributed by atoms with Crippen LogP contribution in [-0.2, 0) is 4.79 Å². The second-order valence-electron chi connectivity index (χ2n) is 3.96. The maximum absolute atomic E-state index is 11.6. The van der Waals surface area contributed by atoms with E-state index in [2.05, 4.69) is 22.1 Å². The van der Waals surface area contributed by atoms with Crippen LogP contribution in [0.5, 0.6) is 0 Å². The van der Waals surface area contributed by atoms with E-state index in [0.717, 1.165) is 17.0 Å². The number of hydrogen-bond donors (Lipinski definition) is 1. The summed E-state index contributed by atoms with van der Waals surface area (Å²) >= 11 is 3.01. The van der Waals surface area contributed by atoms with Crippen molar-refractivity contribution in [3.05, 3.63) is 48.6 Å². The number of nitrogens with one attached hydrogen (secondary N) is 1. The molecular formula is C14H15N3OS2. The van der Waals surface area contributed by atoms with Crippen molar-refractivity contribution in [1.82, 2.24) is 5.32 Å². The van der Waals surface area contributed by atoms with Gasteiger partial charge >= 0.3 is 0 Å². The zero-order valence-corrected chi connectivity index (χ0v) is 12.5. The van der Waals surface area contributed by atoms with Crippen LogP contribution >= 0.6 is 23.5 Å². The molecule has 0 bridgehead atoms. The Hall–Kier alpha value is -1.53. The smallest absolute Gasteiger partial charge is 0.235 e. The van der Waals surface area contributed by atoms with Crippen LogP contribution in [0, 0.1) is 0 Å². The van der Waals surface area contributed by atoms with Gasteiger partial charge in [-0.05, 0) is 5.56 Å². The van der Waals surface area contributed by atoms with E-state index in [4.69, 9.17) is 0 Å². The molecule has 4 nitrogen and oxygen atoms in total. The zero-order chi connectivity index (χ0) is 14.2. The maximum Gasteiger partial charge on any atom is 0.235 e. The van der Waals surface area contributed by atoms with Gasteiger partial charge in [-0.15, -0.1) is 23.4 Å². The molecule has 1 amide bonds. The molecule has 0 spiro atoms. The second-order valence-corrected chi connectivity index (χ2v) is 5.95. The lowest BCUT2D eigenvalue weighted by Gasteiger charge is -2.12. The number of benzene rings is 1. The van der Waals surface area contributed by atoms with E-state index in [9.17, 15) is 4.79 Å². The molecule has 104 valence electrons. The van der Waals surface area contributed by atoms with E-state index in [1.54, 1.807) is 6.08 Å². The fourth-order valence-electron chi connectivity index (χ4n) is 1.52. The third kappa shape index (κ3) is 4.54. The predicted octanol–water partition coefficient (Wildman–Crippen LogP) is 2.53. The number of nitrogens with zero attached hydrogens (tertiary/aromatic N) is 2. The minimum atomic E-state index is -0.0542. The van der Waals surface area contributed by atoms with Gasteiger partial charge in [0.1, 0.15) is 0 Å². The topological polar surface area (TPSA) is 53.8 Å². The fraction of sp³-hybridized carbons (Fsp3) is 0.214. The molecule has 1 aromatic carbocycles. The quantitative estimate of drug-likeness (QED) is 0.672. The zero-order valence-electron chi connectivity index (χ0n) is 10.9. The van der Waals surface area contributed by atoms with Gasteiger partial charge in [0, 0.05) is 11.5 Å². The van der Waals surface area contributed by atoms with E-state index >= 15 is 0 Å². The molecule has 0 aromatic heterocycles. The molecule has 1 aromatic rings. The van der Waals surface area contributed by atoms with Gasteiger partial charge in [-0.2, -0.15) is 5.10 Å². The number of thioether (sulfide) groups is 2. The van der Waals surface area contributed by atoms with Crippen LogP contribution in [0.4, 0.5) is 0 Å². The molecular weight excluding hydrogens is 290 g/mol. The minimum absolute atomic E-state index is 0.0542. The Morgan fingerprint density at radius 1 is 1.40 bits per heavy atom. The first-order chi connectivity index (χ1) is 9.79. The lowest BCUT2D eigenvalue weighted by atomic mass is 10.1. The van der Waals surface area contributed by atoms with Crippen LogP contribution in [0.1, 0.15) is 5.56 Å². The van der Waals surface area contributed by atoms with Gasteiger partial charge in [0.25, 0.3) is 0 Å². The highest BCUT2D eigenvalue weighted by atomic mass is 32.2. The molecule has 1 heterocycles. The Labute approximate surface area is 126 Å². The van der Waals surface area contributed by atoms with Gasteiger partial charge in [-0.3, -0.25) is 4.79 Å². The van der Waals surface area contributed by atoms with Gasteiger partial charge in [0.05, 0.1) is 11.5 Å². The van der Waals surface area contributed by atoms with Gasteiger partial charge < -0.3 is 5.32 Å². The molecule has 0 radical (unpaired) electrons. The lowest BCUT2D eigenvalue weighted by molar-refractivity contribution is -0.117. The van der Waals surface area contributed by atoms with Crippen LogP contribution in [-0.4, -0.2) is 34.0 Å². The Balaban J connectivity index is 1.90. The molecule has 1 N–H and O–H groups in total. The van der Waals surface area contributed by atoms with Crippen LogP contribution in [0.3, 0.4) is 0 Å². The standard InChI is InChI=1S/C14H15N3OS2/c1-2-8-19-10-13(18)15-14-17-16-12(9-20-14)11-6-4-3-5-7-11/h2-7H,1,8-10H2,(H,15,17,18). The monoisotopic (exact) mass is 305 g/mol. The summed E-state index contributed by atoms with van der Waals surface area (Å²) < 4.78 is 0. The highest BCUT2D eigenvalue weighted by Gasteiger charge is 2.14. The van der Waals surface area contributed by atoms with Crippen molar-refractivity contribution in [3.8, 4) is 0 Å². The van der Waals surface area contributed by atoms with Crippen molar-refractivity contribution >= 4 is 40.3 Å². The summed E-state index contributed by atoms with van der Waals surface area (Å²) in [6, 6.07) is 9.92. The van der Waals surface area contributed by atoms with E-state index in [-0.39, 0.29) is 5.91 Å². The number of rotatable bonds is 5. The molecule has 0 saturated carbocycles. The summed E-state index contributed by atoms with van der Waals surface area (Å²) in [5.41, 5.74) is 1.99. The van der Waals surface area contributed by atoms with Crippen LogP contribution < -0.4 is 5.32 Å². The van der Waals surface area contributed by atoms with E-state index in [1.807, 2.05) is 30.3 Å². The highest BCUT2D eigenvalue weighted by molar-refractivity contribution is 8.14. The summed E-state index contributed by atoms with van der Waals surface area (Å²) in [6.07, 6.45) is 1.78. The minimum Gasteiger partial charge on any atom is -0.303 e. The Kier molecular flexibility index (Phi) is 5.88. The van der Waals surface area contributed by atoms with Crippen LogP contribution in [0.2, 0.25) is 0 Å². The van der Waals surface area contributed by atoms with Crippen molar-refractivity contribution in [1.29, 1.82) is 0 Å². The Morgan fingerprint density at radius 3 is 2.85 bits per heavy atom. The third-order valence-electron chi connectivity index (χ3n) is 2.43. The van der Waals surface area contributed by atoms with Crippen molar-refractivity contribution in [2.75, 3.05) is 17.3 Å². The highest BCUT2D eigenvalue weighted by Crippen LogP contribution is 2.14. The Bertz CT molecular complexity index is 541. The summed E-state index contributed by atoms with van der Waals surface area (Å²) in [7, 11) is 0. The number of carbonyl (C=O) groups excluding carboxylic acids is 1. The first kappa shape index (κ1) is 14.9. The number of hydrogen-bond acceptors (Lipinski definition) is 5. The molecule has 20 heavy (non-hydrogen) atoms. The first-order valence-corrected chi connectivity index (χ1v) is 8.25. The van der Waals surface area contributed by atoms with E-state index < -0.39 is 0 Å². The van der Waals surface area contributed by atoms with Crippen molar-refractivity contribution in [3.63, 3.8) is 0 Å². The maximum atomic E-state index is 11.6. The summed E-state index contributed by atoms with van der Waals surface area (Å²) in [5, 5.41) is 11.6. The largest absolute Gasteiger partial charge is 0.303 e. The lowest BCUT2D eigenvalue weighted by Crippen LogP contribution is -2.31. The van der Waals surface area contributed by atoms with E-state index in [0.29, 0.717) is 16.7 Å². The van der Waals surface area contributed by atoms with Crippen molar-refractivity contribution in [2.24, 2.45) is 10.2 Å². The summed E-state index contributed by atoms with van der Waals surface area (Å²) in [6.45, 7) is 3.61. The molecule has 0 unspecified atom stereocenters. The second kappa shape index (κ2) is 7.91. The summed E-state index contributed by atoms with van der Waals surface area (Å²) in [5.74, 6) is 1.83. The molecule has 0 atom stereocenters. The van der Waals surface area contributed by atoms with E-state index in [1.165, 1.54) is 23.5 Å². The number of amidine groups is 1. The van der Waals surface area contributed by atoms with Gasteiger partial charge in [-0.25, -0.2) is 0 Å². The Morgan fingerprint density at radius 2 is 2.20 bits per heavy atom. The fourth-order valence-corrected chi connectivity index (χ4v) is 2.85. The van der Waals surface area contributed by atoms with Gasteiger partial charge in [-0.1, -0.05) is 48.2 Å². The molecule has 6 heteroatoms. The molecule has 0 fully saturated rings. The average Bonchev–Trinajstić information content (AvgIpc) is 2.49. The molecule has 2 rings (SSSR count). The first-order valence-electron chi connectivity index (χ1n) is 6.11. The molecule has 1 aliphatic heterocycles. The van der Waals surface area contributed by atoms with Crippen molar-refractivity contribution < 1.29 is 4.79 Å². The number of amides is 1. The molecule has 0 aliphatic carbocycles. The summed E-state index contributed by atoms with van der Waals surface area (Å²) in [4.78, 5) is 11.6. The van der Waals surface area contributed by atoms with Gasteiger partial charge in [0.2, 0.25) is 5.91 Å². The van der Waals surface area contributed by atoms with Crippen molar-refractivity contribution in [2.45, 2.75) is 0 Å². The normalized spacial score (nSPS) is 14.2. The predicted molar refractivity (Wildman–Crippen MR) is 88.5 cm³/mol. The third-order valence-corrected chi connectivity index (χ3v) is 4.24. The molecule has 0 saturated heterocycles. The van der Waals surface area contributed by atoms with Crippen LogP contribution in [0.15, 0.2) is 53.2 Å². The number of carbonyl (C=O) groups is 1. The average molecular weight is 305 g/mol. The van der Waals surface area contributed by atoms with Gasteiger partial charge in [0.15, 0.2) is 5.17 Å². The SMILES string of the molecule is C=CCSCC(=O)NC1=NN=C(c2ccccc2)CS1.